The number of para-hydroxylation sites is 2. The normalized spacial score (nSPS) is 11.1. The number of nitrogens with one attached hydrogen (secondary N) is 1. The number of rotatable bonds is 2. The van der Waals surface area contributed by atoms with Gasteiger partial charge in [0.25, 0.3) is 11.1 Å². The molecule has 6 nitrogen and oxygen atoms in total. The molecule has 2 aromatic heterocycles. The summed E-state index contributed by atoms with van der Waals surface area (Å²) in [6.07, 6.45) is 0. The first-order chi connectivity index (χ1) is 12.1. The van der Waals surface area contributed by atoms with Gasteiger partial charge in [-0.3, -0.25) is 14.7 Å². The summed E-state index contributed by atoms with van der Waals surface area (Å²) in [6.45, 7) is 0. The molecule has 2 aromatic carbocycles. The molecule has 0 aliphatic carbocycles. The Morgan fingerprint density at radius 2 is 1.64 bits per heavy atom. The van der Waals surface area contributed by atoms with Gasteiger partial charge >= 0.3 is 0 Å². The summed E-state index contributed by atoms with van der Waals surface area (Å²) in [6, 6.07) is 17.4. The first-order valence-electron chi connectivity index (χ1n) is 7.76. The van der Waals surface area contributed by atoms with Crippen molar-refractivity contribution in [1.82, 2.24) is 14.3 Å². The van der Waals surface area contributed by atoms with Gasteiger partial charge in [-0.2, -0.15) is 0 Å². The zero-order chi connectivity index (χ0) is 17.6. The summed E-state index contributed by atoms with van der Waals surface area (Å²) in [4.78, 5) is 25.1. The molecule has 0 saturated carbocycles. The summed E-state index contributed by atoms with van der Waals surface area (Å²) in [7, 11) is 1.64. The SMILES string of the molecule is Cn1c(=O)c(-c2cc(=O)n(-c3ccccc3)[nH]2)c(O)c2ccccc21. The topological polar surface area (TPSA) is 80.0 Å². The van der Waals surface area contributed by atoms with Crippen molar-refractivity contribution >= 4 is 10.9 Å². The van der Waals surface area contributed by atoms with Gasteiger partial charge in [0.05, 0.1) is 16.9 Å². The van der Waals surface area contributed by atoms with Crippen LogP contribution in [-0.2, 0) is 7.05 Å². The van der Waals surface area contributed by atoms with Crippen LogP contribution in [0, 0.1) is 0 Å². The van der Waals surface area contributed by atoms with Crippen molar-refractivity contribution in [1.29, 1.82) is 0 Å². The summed E-state index contributed by atoms with van der Waals surface area (Å²) >= 11 is 0. The molecule has 0 spiro atoms. The molecule has 2 heterocycles. The molecule has 124 valence electrons. The number of hydrogen-bond donors (Lipinski definition) is 2. The molecule has 0 aliphatic heterocycles. The minimum Gasteiger partial charge on any atom is -0.506 e. The predicted octanol–water partition coefficient (Wildman–Crippen LogP) is 2.39. The molecule has 0 aliphatic rings. The zero-order valence-electron chi connectivity index (χ0n) is 13.4. The third-order valence-electron chi connectivity index (χ3n) is 4.28. The van der Waals surface area contributed by atoms with E-state index in [9.17, 15) is 14.7 Å². The number of fused-ring (bicyclic) bond motifs is 1. The van der Waals surface area contributed by atoms with E-state index in [0.29, 0.717) is 16.6 Å². The average Bonchev–Trinajstić information content (AvgIpc) is 3.02. The van der Waals surface area contributed by atoms with E-state index in [1.807, 2.05) is 18.2 Å². The van der Waals surface area contributed by atoms with Gasteiger partial charge in [0.2, 0.25) is 0 Å². The van der Waals surface area contributed by atoms with Crippen LogP contribution in [0.4, 0.5) is 0 Å². The fourth-order valence-electron chi connectivity index (χ4n) is 3.01. The van der Waals surface area contributed by atoms with Crippen LogP contribution >= 0.6 is 0 Å². The number of aromatic amines is 1. The molecule has 0 unspecified atom stereocenters. The van der Waals surface area contributed by atoms with E-state index in [4.69, 9.17) is 0 Å². The van der Waals surface area contributed by atoms with Crippen LogP contribution < -0.4 is 11.1 Å². The number of H-pyrrole nitrogens is 1. The maximum atomic E-state index is 12.7. The van der Waals surface area contributed by atoms with E-state index in [1.165, 1.54) is 15.3 Å². The Bertz CT molecular complexity index is 1200. The number of aromatic nitrogens is 3. The third kappa shape index (κ3) is 2.27. The van der Waals surface area contributed by atoms with Crippen LogP contribution in [0.3, 0.4) is 0 Å². The van der Waals surface area contributed by atoms with Crippen LogP contribution in [0.25, 0.3) is 27.8 Å². The molecule has 2 N–H and O–H groups in total. The Labute approximate surface area is 142 Å². The van der Waals surface area contributed by atoms with Crippen LogP contribution in [0.5, 0.6) is 5.75 Å². The number of pyridine rings is 1. The fraction of sp³-hybridized carbons (Fsp3) is 0.0526. The van der Waals surface area contributed by atoms with Crippen molar-refractivity contribution in [3.05, 3.63) is 81.4 Å². The Morgan fingerprint density at radius 3 is 2.40 bits per heavy atom. The number of benzene rings is 2. The Balaban J connectivity index is 2.01. The molecule has 0 atom stereocenters. The molecule has 0 saturated heterocycles. The van der Waals surface area contributed by atoms with Crippen molar-refractivity contribution in [2.75, 3.05) is 0 Å². The van der Waals surface area contributed by atoms with Gasteiger partial charge in [-0.25, -0.2) is 4.68 Å². The van der Waals surface area contributed by atoms with Crippen molar-refractivity contribution in [2.24, 2.45) is 7.05 Å². The standard InChI is InChI=1S/C19H15N3O3/c1-21-15-10-6-5-9-13(15)18(24)17(19(21)25)14-11-16(23)22(20-14)12-7-3-2-4-8-12/h2-11,20,24H,1H3. The van der Waals surface area contributed by atoms with Crippen LogP contribution in [0.2, 0.25) is 0 Å². The second-order valence-corrected chi connectivity index (χ2v) is 5.78. The van der Waals surface area contributed by atoms with E-state index < -0.39 is 0 Å². The lowest BCUT2D eigenvalue weighted by Crippen LogP contribution is -2.19. The smallest absolute Gasteiger partial charge is 0.271 e. The van der Waals surface area contributed by atoms with Gasteiger partial charge in [-0.15, -0.1) is 0 Å². The summed E-state index contributed by atoms with van der Waals surface area (Å²) in [5.41, 5.74) is 0.939. The third-order valence-corrected chi connectivity index (χ3v) is 4.28. The van der Waals surface area contributed by atoms with Crippen molar-refractivity contribution in [2.45, 2.75) is 0 Å². The molecule has 25 heavy (non-hydrogen) atoms. The largest absolute Gasteiger partial charge is 0.506 e. The molecular weight excluding hydrogens is 318 g/mol. The number of aromatic hydroxyl groups is 1. The predicted molar refractivity (Wildman–Crippen MR) is 96.2 cm³/mol. The molecular formula is C19H15N3O3. The van der Waals surface area contributed by atoms with Gasteiger partial charge in [-0.05, 0) is 24.3 Å². The monoisotopic (exact) mass is 333 g/mol. The lowest BCUT2D eigenvalue weighted by molar-refractivity contribution is 0.481. The van der Waals surface area contributed by atoms with E-state index in [1.54, 1.807) is 43.4 Å². The highest BCUT2D eigenvalue weighted by Crippen LogP contribution is 2.31. The first-order valence-corrected chi connectivity index (χ1v) is 7.76. The first kappa shape index (κ1) is 15.0. The van der Waals surface area contributed by atoms with Gasteiger partial charge in [0.1, 0.15) is 11.3 Å². The van der Waals surface area contributed by atoms with Gasteiger partial charge < -0.3 is 9.67 Å². The summed E-state index contributed by atoms with van der Waals surface area (Å²) < 4.78 is 2.80. The number of hydrogen-bond acceptors (Lipinski definition) is 3. The molecule has 4 rings (SSSR count). The van der Waals surface area contributed by atoms with E-state index >= 15 is 0 Å². The van der Waals surface area contributed by atoms with E-state index in [0.717, 1.165) is 0 Å². The van der Waals surface area contributed by atoms with Gasteiger partial charge in [0, 0.05) is 18.5 Å². The van der Waals surface area contributed by atoms with E-state index in [2.05, 4.69) is 5.10 Å². The molecule has 4 aromatic rings. The van der Waals surface area contributed by atoms with Crippen LogP contribution in [-0.4, -0.2) is 19.5 Å². The molecule has 0 amide bonds. The van der Waals surface area contributed by atoms with Crippen molar-refractivity contribution in [3.63, 3.8) is 0 Å². The van der Waals surface area contributed by atoms with Crippen LogP contribution in [0.1, 0.15) is 0 Å². The minimum absolute atomic E-state index is 0.0768. The van der Waals surface area contributed by atoms with E-state index in [-0.39, 0.29) is 28.1 Å². The lowest BCUT2D eigenvalue weighted by atomic mass is 10.1. The zero-order valence-corrected chi connectivity index (χ0v) is 13.4. The average molecular weight is 333 g/mol. The van der Waals surface area contributed by atoms with Gasteiger partial charge in [0.15, 0.2) is 0 Å². The summed E-state index contributed by atoms with van der Waals surface area (Å²) in [5.74, 6) is -0.139. The van der Waals surface area contributed by atoms with Crippen molar-refractivity contribution in [3.8, 4) is 22.7 Å². The number of nitrogens with zero attached hydrogens (tertiary/aromatic N) is 2. The second kappa shape index (κ2) is 5.52. The maximum Gasteiger partial charge on any atom is 0.271 e. The highest BCUT2D eigenvalue weighted by atomic mass is 16.3. The maximum absolute atomic E-state index is 12.7. The van der Waals surface area contributed by atoms with Crippen LogP contribution in [0.15, 0.2) is 70.3 Å². The Kier molecular flexibility index (Phi) is 3.32. The second-order valence-electron chi connectivity index (χ2n) is 5.78. The number of aryl methyl sites for hydroxylation is 1. The molecule has 0 fully saturated rings. The highest BCUT2D eigenvalue weighted by Gasteiger charge is 2.19. The van der Waals surface area contributed by atoms with Crippen molar-refractivity contribution < 1.29 is 5.11 Å². The van der Waals surface area contributed by atoms with Gasteiger partial charge in [-0.1, -0.05) is 30.3 Å². The lowest BCUT2D eigenvalue weighted by Gasteiger charge is -2.10. The molecule has 0 bridgehead atoms. The fourth-order valence-corrected chi connectivity index (χ4v) is 3.01. The molecule has 6 heteroatoms. The Morgan fingerprint density at radius 1 is 0.960 bits per heavy atom. The quantitative estimate of drug-likeness (QED) is 0.591. The Hall–Kier alpha value is -3.54. The summed E-state index contributed by atoms with van der Waals surface area (Å²) in [5, 5.41) is 14.1. The minimum atomic E-state index is -0.377. The molecule has 0 radical (unpaired) electrons. The highest BCUT2D eigenvalue weighted by molar-refractivity contribution is 5.91.